The van der Waals surface area contributed by atoms with Crippen molar-refractivity contribution in [3.63, 3.8) is 0 Å². The van der Waals surface area contributed by atoms with Crippen molar-refractivity contribution in [2.45, 2.75) is 54.4 Å². The molecule has 0 aromatic heterocycles. The number of anilines is 1. The van der Waals surface area contributed by atoms with Crippen molar-refractivity contribution in [3.8, 4) is 5.75 Å². The van der Waals surface area contributed by atoms with E-state index in [1.165, 1.54) is 5.56 Å². The minimum absolute atomic E-state index is 0.00653. The van der Waals surface area contributed by atoms with Crippen LogP contribution in [0, 0.1) is 19.3 Å². The molecule has 0 radical (unpaired) electrons. The SMILES string of the molecule is CCN(CC)C(=O)c1ccc(NC(=O)C(C)(C)CCCOc2cc(C)ccc2C)cc1. The first-order valence-electron chi connectivity index (χ1n) is 11.1. The highest BCUT2D eigenvalue weighted by atomic mass is 16.5. The van der Waals surface area contributed by atoms with Gasteiger partial charge in [0.05, 0.1) is 6.61 Å². The minimum Gasteiger partial charge on any atom is -0.493 e. The van der Waals surface area contributed by atoms with Gasteiger partial charge in [-0.2, -0.15) is 0 Å². The average Bonchev–Trinajstić information content (AvgIpc) is 2.74. The Bertz CT molecular complexity index is 884. The molecule has 5 nitrogen and oxygen atoms in total. The van der Waals surface area contributed by atoms with Gasteiger partial charge in [0.25, 0.3) is 5.91 Å². The van der Waals surface area contributed by atoms with E-state index in [2.05, 4.69) is 17.4 Å². The zero-order valence-corrected chi connectivity index (χ0v) is 19.7. The molecule has 2 aromatic carbocycles. The molecule has 31 heavy (non-hydrogen) atoms. The highest BCUT2D eigenvalue weighted by molar-refractivity contribution is 5.97. The topological polar surface area (TPSA) is 58.6 Å². The third kappa shape index (κ3) is 6.84. The number of carbonyl (C=O) groups is 2. The van der Waals surface area contributed by atoms with Crippen LogP contribution in [0.5, 0.6) is 5.75 Å². The molecule has 0 fully saturated rings. The standard InChI is InChI=1S/C26H36N2O3/c1-7-28(8-2)24(29)21-12-14-22(15-13-21)27-25(30)26(5,6)16-9-17-31-23-18-19(3)10-11-20(23)4/h10-15,18H,7-9,16-17H2,1-6H3,(H,27,30). The summed E-state index contributed by atoms with van der Waals surface area (Å²) in [5, 5.41) is 2.98. The molecule has 0 spiro atoms. The van der Waals surface area contributed by atoms with Crippen LogP contribution in [0.3, 0.4) is 0 Å². The summed E-state index contributed by atoms with van der Waals surface area (Å²) in [6, 6.07) is 13.3. The van der Waals surface area contributed by atoms with E-state index in [-0.39, 0.29) is 11.8 Å². The number of ether oxygens (including phenoxy) is 1. The van der Waals surface area contributed by atoms with Crippen LogP contribution in [0.2, 0.25) is 0 Å². The van der Waals surface area contributed by atoms with Gasteiger partial charge in [-0.1, -0.05) is 26.0 Å². The second kappa shape index (κ2) is 11.0. The first-order valence-corrected chi connectivity index (χ1v) is 11.1. The van der Waals surface area contributed by atoms with Crippen molar-refractivity contribution < 1.29 is 14.3 Å². The van der Waals surface area contributed by atoms with Crippen molar-refractivity contribution in [1.82, 2.24) is 4.90 Å². The summed E-state index contributed by atoms with van der Waals surface area (Å²) in [5.74, 6) is 0.871. The van der Waals surface area contributed by atoms with Crippen molar-refractivity contribution in [2.75, 3.05) is 25.0 Å². The first-order chi connectivity index (χ1) is 14.7. The number of carbonyl (C=O) groups excluding carboxylic acids is 2. The van der Waals surface area contributed by atoms with E-state index in [1.54, 1.807) is 29.2 Å². The Morgan fingerprint density at radius 3 is 2.26 bits per heavy atom. The lowest BCUT2D eigenvalue weighted by Crippen LogP contribution is -2.31. The highest BCUT2D eigenvalue weighted by Crippen LogP contribution is 2.26. The maximum absolute atomic E-state index is 12.8. The maximum atomic E-state index is 12.8. The average molecular weight is 425 g/mol. The Kier molecular flexibility index (Phi) is 8.66. The number of amides is 2. The Morgan fingerprint density at radius 1 is 1.00 bits per heavy atom. The third-order valence-corrected chi connectivity index (χ3v) is 5.60. The van der Waals surface area contributed by atoms with Crippen LogP contribution in [-0.4, -0.2) is 36.4 Å². The molecular weight excluding hydrogens is 388 g/mol. The normalized spacial score (nSPS) is 11.2. The summed E-state index contributed by atoms with van der Waals surface area (Å²) in [6.07, 6.45) is 1.49. The van der Waals surface area contributed by atoms with Gasteiger partial charge in [0.15, 0.2) is 0 Å². The monoisotopic (exact) mass is 424 g/mol. The summed E-state index contributed by atoms with van der Waals surface area (Å²) in [5.41, 5.74) is 3.08. The van der Waals surface area contributed by atoms with Gasteiger partial charge >= 0.3 is 0 Å². The number of aryl methyl sites for hydroxylation is 2. The van der Waals surface area contributed by atoms with E-state index in [0.717, 1.165) is 17.7 Å². The van der Waals surface area contributed by atoms with Gasteiger partial charge in [0.2, 0.25) is 5.91 Å². The fourth-order valence-corrected chi connectivity index (χ4v) is 3.36. The van der Waals surface area contributed by atoms with Crippen molar-refractivity contribution >= 4 is 17.5 Å². The lowest BCUT2D eigenvalue weighted by atomic mass is 9.87. The molecule has 0 bridgehead atoms. The molecule has 0 aliphatic carbocycles. The van der Waals surface area contributed by atoms with Crippen molar-refractivity contribution in [3.05, 3.63) is 59.2 Å². The molecule has 0 aliphatic rings. The molecule has 0 unspecified atom stereocenters. The molecular formula is C26H36N2O3. The van der Waals surface area contributed by atoms with E-state index in [4.69, 9.17) is 4.74 Å². The van der Waals surface area contributed by atoms with Crippen molar-refractivity contribution in [2.24, 2.45) is 5.41 Å². The fraction of sp³-hybridized carbons (Fsp3) is 0.462. The number of benzene rings is 2. The molecule has 0 aliphatic heterocycles. The zero-order chi connectivity index (χ0) is 23.0. The van der Waals surface area contributed by atoms with Crippen molar-refractivity contribution in [1.29, 1.82) is 0 Å². The molecule has 168 valence electrons. The van der Waals surface area contributed by atoms with Gasteiger partial charge in [0.1, 0.15) is 5.75 Å². The van der Waals surface area contributed by atoms with Gasteiger partial charge in [-0.05, 0) is 82.0 Å². The molecule has 0 heterocycles. The third-order valence-electron chi connectivity index (χ3n) is 5.60. The van der Waals surface area contributed by atoms with E-state index in [0.29, 0.717) is 37.4 Å². The molecule has 2 rings (SSSR count). The number of hydrogen-bond donors (Lipinski definition) is 1. The molecule has 5 heteroatoms. The van der Waals surface area contributed by atoms with E-state index >= 15 is 0 Å². The van der Waals surface area contributed by atoms with Crippen LogP contribution in [0.4, 0.5) is 5.69 Å². The van der Waals surface area contributed by atoms with Gasteiger partial charge in [-0.15, -0.1) is 0 Å². The molecule has 0 saturated carbocycles. The van der Waals surface area contributed by atoms with Gasteiger partial charge in [-0.3, -0.25) is 9.59 Å². The summed E-state index contributed by atoms with van der Waals surface area (Å²) in [7, 11) is 0. The molecule has 0 saturated heterocycles. The number of rotatable bonds is 10. The fourth-order valence-electron chi connectivity index (χ4n) is 3.36. The first kappa shape index (κ1) is 24.4. The number of nitrogens with zero attached hydrogens (tertiary/aromatic N) is 1. The van der Waals surface area contributed by atoms with E-state index < -0.39 is 5.41 Å². The van der Waals surface area contributed by atoms with Crippen LogP contribution in [0.25, 0.3) is 0 Å². The summed E-state index contributed by atoms with van der Waals surface area (Å²) < 4.78 is 5.92. The Labute approximate surface area is 186 Å². The predicted molar refractivity (Wildman–Crippen MR) is 127 cm³/mol. The number of nitrogens with one attached hydrogen (secondary N) is 1. The van der Waals surface area contributed by atoms with Crippen LogP contribution in [0.15, 0.2) is 42.5 Å². The Balaban J connectivity index is 1.87. The Hall–Kier alpha value is -2.82. The summed E-state index contributed by atoms with van der Waals surface area (Å²) in [6.45, 7) is 13.8. The van der Waals surface area contributed by atoms with Crippen LogP contribution in [0.1, 0.15) is 62.0 Å². The minimum atomic E-state index is -0.527. The van der Waals surface area contributed by atoms with Crippen LogP contribution in [-0.2, 0) is 4.79 Å². The molecule has 1 N–H and O–H groups in total. The van der Waals surface area contributed by atoms with Crippen LogP contribution >= 0.6 is 0 Å². The zero-order valence-electron chi connectivity index (χ0n) is 19.7. The second-order valence-electron chi connectivity index (χ2n) is 8.61. The smallest absolute Gasteiger partial charge is 0.253 e. The largest absolute Gasteiger partial charge is 0.493 e. The van der Waals surface area contributed by atoms with Gasteiger partial charge in [-0.25, -0.2) is 0 Å². The Morgan fingerprint density at radius 2 is 1.65 bits per heavy atom. The van der Waals surface area contributed by atoms with Crippen LogP contribution < -0.4 is 10.1 Å². The lowest BCUT2D eigenvalue weighted by molar-refractivity contribution is -0.124. The maximum Gasteiger partial charge on any atom is 0.253 e. The second-order valence-corrected chi connectivity index (χ2v) is 8.61. The highest BCUT2D eigenvalue weighted by Gasteiger charge is 2.27. The molecule has 2 aromatic rings. The quantitative estimate of drug-likeness (QED) is 0.504. The summed E-state index contributed by atoms with van der Waals surface area (Å²) >= 11 is 0. The number of hydrogen-bond acceptors (Lipinski definition) is 3. The lowest BCUT2D eigenvalue weighted by Gasteiger charge is -2.24. The van der Waals surface area contributed by atoms with Gasteiger partial charge < -0.3 is 15.0 Å². The predicted octanol–water partition coefficient (Wildman–Crippen LogP) is 5.61. The van der Waals surface area contributed by atoms with E-state index in [9.17, 15) is 9.59 Å². The van der Waals surface area contributed by atoms with E-state index in [1.807, 2.05) is 47.6 Å². The molecule has 2 amide bonds. The molecule has 0 atom stereocenters. The van der Waals surface area contributed by atoms with Gasteiger partial charge in [0, 0.05) is 29.8 Å². The summed E-state index contributed by atoms with van der Waals surface area (Å²) in [4.78, 5) is 27.0.